The number of anilines is 1. The Morgan fingerprint density at radius 2 is 2.38 bits per heavy atom. The third-order valence-corrected chi connectivity index (χ3v) is 2.12. The van der Waals surface area contributed by atoms with Gasteiger partial charge in [-0.2, -0.15) is 0 Å². The molecule has 0 spiro atoms. The van der Waals surface area contributed by atoms with Gasteiger partial charge >= 0.3 is 0 Å². The summed E-state index contributed by atoms with van der Waals surface area (Å²) in [7, 11) is 1.68. The van der Waals surface area contributed by atoms with Crippen LogP contribution in [0.3, 0.4) is 0 Å². The summed E-state index contributed by atoms with van der Waals surface area (Å²) in [5.74, 6) is 0.0333. The maximum absolute atomic E-state index is 13.4. The molecule has 13 heavy (non-hydrogen) atoms. The van der Waals surface area contributed by atoms with E-state index in [-0.39, 0.29) is 5.02 Å². The van der Waals surface area contributed by atoms with Gasteiger partial charge in [-0.05, 0) is 6.07 Å². The smallest absolute Gasteiger partial charge is 0.169 e. The second kappa shape index (κ2) is 2.88. The third kappa shape index (κ3) is 1.14. The Hall–Kier alpha value is -1.29. The molecule has 2 aromatic rings. The number of halogens is 2. The number of hydrogen-bond acceptors (Lipinski definition) is 2. The molecule has 1 N–H and O–H groups in total. The Kier molecular flexibility index (Phi) is 1.84. The average Bonchev–Trinajstić information content (AvgIpc) is 2.55. The molecule has 0 radical (unpaired) electrons. The molecular formula is C8H7ClFN3. The second-order valence-electron chi connectivity index (χ2n) is 2.58. The lowest BCUT2D eigenvalue weighted by Crippen LogP contribution is -1.92. The number of fused-ring (bicyclic) bond motifs is 1. The highest BCUT2D eigenvalue weighted by molar-refractivity contribution is 6.31. The molecule has 0 atom stereocenters. The first-order chi connectivity index (χ1) is 6.24. The van der Waals surface area contributed by atoms with E-state index in [0.717, 1.165) is 0 Å². The molecule has 2 aromatic heterocycles. The van der Waals surface area contributed by atoms with Crippen molar-refractivity contribution in [3.63, 3.8) is 0 Å². The predicted octanol–water partition coefficient (Wildman–Crippen LogP) is 2.17. The molecule has 3 nitrogen and oxygen atoms in total. The minimum absolute atomic E-state index is 0.101. The van der Waals surface area contributed by atoms with Gasteiger partial charge in [-0.25, -0.2) is 9.37 Å². The zero-order valence-electron chi connectivity index (χ0n) is 6.88. The van der Waals surface area contributed by atoms with Crippen molar-refractivity contribution in [2.24, 2.45) is 0 Å². The van der Waals surface area contributed by atoms with Gasteiger partial charge in [0.05, 0.1) is 5.02 Å². The van der Waals surface area contributed by atoms with Crippen LogP contribution < -0.4 is 5.32 Å². The van der Waals surface area contributed by atoms with E-state index in [2.05, 4.69) is 10.3 Å². The molecule has 0 saturated heterocycles. The Morgan fingerprint density at radius 1 is 1.62 bits per heavy atom. The molecule has 5 heteroatoms. The maximum atomic E-state index is 13.4. The van der Waals surface area contributed by atoms with Gasteiger partial charge in [-0.15, -0.1) is 0 Å². The fraction of sp³-hybridized carbons (Fsp3) is 0.125. The molecule has 0 aromatic carbocycles. The maximum Gasteiger partial charge on any atom is 0.169 e. The van der Waals surface area contributed by atoms with E-state index in [9.17, 15) is 4.39 Å². The lowest BCUT2D eigenvalue weighted by atomic mass is 10.4. The Morgan fingerprint density at radius 3 is 3.08 bits per heavy atom. The normalized spacial score (nSPS) is 10.7. The van der Waals surface area contributed by atoms with Crippen LogP contribution in [0.25, 0.3) is 5.52 Å². The molecule has 0 aliphatic rings. The highest BCUT2D eigenvalue weighted by atomic mass is 35.5. The molecule has 0 fully saturated rings. The van der Waals surface area contributed by atoms with Crippen LogP contribution in [0.15, 0.2) is 18.6 Å². The monoisotopic (exact) mass is 199 g/mol. The minimum atomic E-state index is -0.453. The van der Waals surface area contributed by atoms with E-state index in [1.807, 2.05) is 0 Å². The molecular weight excluding hydrogens is 193 g/mol. The standard InChI is InChI=1S/C8H7ClFN3/c1-11-8-7-6(10)5(9)2-3-13(7)4-12-8/h2-4,11H,1H3. The van der Waals surface area contributed by atoms with Crippen LogP contribution in [0.1, 0.15) is 0 Å². The zero-order chi connectivity index (χ0) is 9.42. The number of hydrogen-bond donors (Lipinski definition) is 1. The quantitative estimate of drug-likeness (QED) is 0.763. The van der Waals surface area contributed by atoms with Crippen molar-refractivity contribution in [2.45, 2.75) is 0 Å². The van der Waals surface area contributed by atoms with Crippen molar-refractivity contribution in [3.05, 3.63) is 29.4 Å². The van der Waals surface area contributed by atoms with Crippen molar-refractivity contribution in [1.29, 1.82) is 0 Å². The number of nitrogens with one attached hydrogen (secondary N) is 1. The summed E-state index contributed by atoms with van der Waals surface area (Å²) in [6.07, 6.45) is 3.19. The summed E-state index contributed by atoms with van der Waals surface area (Å²) < 4.78 is 15.0. The van der Waals surface area contributed by atoms with Crippen LogP contribution in [0.2, 0.25) is 5.02 Å². The zero-order valence-corrected chi connectivity index (χ0v) is 7.64. The van der Waals surface area contributed by atoms with Crippen LogP contribution in [-0.4, -0.2) is 16.4 Å². The molecule has 2 heterocycles. The van der Waals surface area contributed by atoms with E-state index in [4.69, 9.17) is 11.6 Å². The van der Waals surface area contributed by atoms with Gasteiger partial charge in [0.25, 0.3) is 0 Å². The highest BCUT2D eigenvalue weighted by Crippen LogP contribution is 2.23. The fourth-order valence-corrected chi connectivity index (χ4v) is 1.35. The number of pyridine rings is 1. The molecule has 2 rings (SSSR count). The Labute approximate surface area is 79.2 Å². The highest BCUT2D eigenvalue weighted by Gasteiger charge is 2.10. The molecule has 0 amide bonds. The second-order valence-corrected chi connectivity index (χ2v) is 2.98. The van der Waals surface area contributed by atoms with Crippen LogP contribution in [-0.2, 0) is 0 Å². The van der Waals surface area contributed by atoms with Crippen LogP contribution in [0.5, 0.6) is 0 Å². The first kappa shape index (κ1) is 8.31. The SMILES string of the molecule is CNc1ncn2ccc(Cl)c(F)c12. The van der Waals surface area contributed by atoms with Gasteiger partial charge in [0.15, 0.2) is 11.6 Å². The summed E-state index contributed by atoms with van der Waals surface area (Å²) in [6.45, 7) is 0. The molecule has 0 aliphatic carbocycles. The Bertz CT molecular complexity index is 452. The van der Waals surface area contributed by atoms with Gasteiger partial charge in [-0.3, -0.25) is 0 Å². The summed E-state index contributed by atoms with van der Waals surface area (Å²) in [4.78, 5) is 3.97. The van der Waals surface area contributed by atoms with Gasteiger partial charge in [0.2, 0.25) is 0 Å². The summed E-state index contributed by atoms with van der Waals surface area (Å²) in [6, 6.07) is 1.49. The van der Waals surface area contributed by atoms with E-state index in [1.54, 1.807) is 17.6 Å². The van der Waals surface area contributed by atoms with Gasteiger partial charge in [-0.1, -0.05) is 11.6 Å². The largest absolute Gasteiger partial charge is 0.371 e. The van der Waals surface area contributed by atoms with E-state index < -0.39 is 5.82 Å². The number of aromatic nitrogens is 2. The van der Waals surface area contributed by atoms with Crippen molar-refractivity contribution < 1.29 is 4.39 Å². The topological polar surface area (TPSA) is 29.3 Å². The lowest BCUT2D eigenvalue weighted by Gasteiger charge is -1.99. The van der Waals surface area contributed by atoms with Crippen molar-refractivity contribution >= 4 is 22.9 Å². The van der Waals surface area contributed by atoms with E-state index in [0.29, 0.717) is 11.3 Å². The van der Waals surface area contributed by atoms with Gasteiger partial charge < -0.3 is 9.72 Å². The van der Waals surface area contributed by atoms with Crippen molar-refractivity contribution in [1.82, 2.24) is 9.38 Å². The fourth-order valence-electron chi connectivity index (χ4n) is 1.21. The predicted molar refractivity (Wildman–Crippen MR) is 49.7 cm³/mol. The number of imidazole rings is 1. The third-order valence-electron chi connectivity index (χ3n) is 1.83. The number of rotatable bonds is 1. The van der Waals surface area contributed by atoms with Gasteiger partial charge in [0, 0.05) is 13.2 Å². The minimum Gasteiger partial charge on any atom is -0.371 e. The van der Waals surface area contributed by atoms with Crippen molar-refractivity contribution in [3.8, 4) is 0 Å². The molecule has 68 valence electrons. The molecule has 0 aliphatic heterocycles. The molecule has 0 saturated carbocycles. The van der Waals surface area contributed by atoms with Crippen LogP contribution >= 0.6 is 11.6 Å². The summed E-state index contributed by atoms with van der Waals surface area (Å²) in [5.41, 5.74) is 0.370. The van der Waals surface area contributed by atoms with Crippen LogP contribution in [0, 0.1) is 5.82 Å². The Balaban J connectivity index is 2.85. The van der Waals surface area contributed by atoms with E-state index in [1.165, 1.54) is 12.4 Å². The molecule has 0 bridgehead atoms. The first-order valence-electron chi connectivity index (χ1n) is 3.72. The average molecular weight is 200 g/mol. The summed E-state index contributed by atoms with van der Waals surface area (Å²) in [5, 5.41) is 2.89. The number of nitrogens with zero attached hydrogens (tertiary/aromatic N) is 2. The summed E-state index contributed by atoms with van der Waals surface area (Å²) >= 11 is 5.63. The van der Waals surface area contributed by atoms with Gasteiger partial charge in [0.1, 0.15) is 11.8 Å². The van der Waals surface area contributed by atoms with Crippen LogP contribution in [0.4, 0.5) is 10.2 Å². The first-order valence-corrected chi connectivity index (χ1v) is 4.10. The molecule has 0 unspecified atom stereocenters. The van der Waals surface area contributed by atoms with Crippen molar-refractivity contribution in [2.75, 3.05) is 12.4 Å². The van der Waals surface area contributed by atoms with E-state index >= 15 is 0 Å². The lowest BCUT2D eigenvalue weighted by molar-refractivity contribution is 0.634.